The van der Waals surface area contributed by atoms with Gasteiger partial charge < -0.3 is 0 Å². The highest BCUT2D eigenvalue weighted by Gasteiger charge is 2.13. The molecule has 0 aliphatic rings. The van der Waals surface area contributed by atoms with Gasteiger partial charge in [-0.25, -0.2) is 0 Å². The second-order valence-electron chi connectivity index (χ2n) is 4.89. The van der Waals surface area contributed by atoms with E-state index < -0.39 is 4.92 Å². The molecule has 0 aliphatic heterocycles. The average molecular weight is 233 g/mol. The van der Waals surface area contributed by atoms with E-state index in [0.29, 0.717) is 6.29 Å². The number of hydrogen-bond donors (Lipinski definition) is 0. The molecular weight excluding hydrogens is 218 g/mol. The minimum absolute atomic E-state index is 0.0120. The molecule has 0 heterocycles. The van der Waals surface area contributed by atoms with E-state index in [4.69, 9.17) is 0 Å². The predicted molar refractivity (Wildman–Crippen MR) is 67.0 cm³/mol. The van der Waals surface area contributed by atoms with Crippen molar-refractivity contribution in [2.24, 2.45) is 5.41 Å². The van der Waals surface area contributed by atoms with Gasteiger partial charge in [-0.15, -0.1) is 0 Å². The molecule has 0 bridgehead atoms. The monoisotopic (exact) mass is 233 g/mol. The maximum absolute atomic E-state index is 10.8. The number of nitro benzene ring substituents is 1. The van der Waals surface area contributed by atoms with Gasteiger partial charge in [0, 0.05) is 6.07 Å². The Balaban J connectivity index is 3.13. The third-order valence-corrected chi connectivity index (χ3v) is 2.15. The highest BCUT2D eigenvalue weighted by atomic mass is 16.6. The van der Waals surface area contributed by atoms with Gasteiger partial charge in [-0.3, -0.25) is 14.9 Å². The minimum Gasteiger partial charge on any atom is -0.298 e. The SMILES string of the molecule is CC(C)(C)/C=C/c1ccc(C=O)c([N+](=O)[O-])c1. The molecule has 1 aromatic rings. The standard InChI is InChI=1S/C13H15NO3/c1-13(2,3)7-6-10-4-5-11(9-15)12(8-10)14(16)17/h4-9H,1-3H3/b7-6+. The van der Waals surface area contributed by atoms with Gasteiger partial charge in [-0.05, 0) is 17.0 Å². The maximum atomic E-state index is 10.8. The van der Waals surface area contributed by atoms with Crippen LogP contribution >= 0.6 is 0 Å². The summed E-state index contributed by atoms with van der Waals surface area (Å²) >= 11 is 0. The van der Waals surface area contributed by atoms with Crippen molar-refractivity contribution < 1.29 is 9.72 Å². The van der Waals surface area contributed by atoms with Crippen LogP contribution in [0.2, 0.25) is 0 Å². The van der Waals surface area contributed by atoms with E-state index in [1.54, 1.807) is 6.07 Å². The Morgan fingerprint density at radius 2 is 1.94 bits per heavy atom. The lowest BCUT2D eigenvalue weighted by molar-refractivity contribution is -0.385. The molecule has 17 heavy (non-hydrogen) atoms. The maximum Gasteiger partial charge on any atom is 0.280 e. The van der Waals surface area contributed by atoms with Crippen LogP contribution in [0.4, 0.5) is 5.69 Å². The average Bonchev–Trinajstić information content (AvgIpc) is 2.25. The summed E-state index contributed by atoms with van der Waals surface area (Å²) < 4.78 is 0. The molecule has 0 atom stereocenters. The quantitative estimate of drug-likeness (QED) is 0.456. The molecule has 0 amide bonds. The zero-order valence-electron chi connectivity index (χ0n) is 10.1. The van der Waals surface area contributed by atoms with Crippen molar-refractivity contribution in [3.8, 4) is 0 Å². The van der Waals surface area contributed by atoms with E-state index >= 15 is 0 Å². The number of allylic oxidation sites excluding steroid dienone is 1. The van der Waals surface area contributed by atoms with Crippen LogP contribution in [0, 0.1) is 15.5 Å². The molecule has 0 unspecified atom stereocenters. The summed E-state index contributed by atoms with van der Waals surface area (Å²) in [6.45, 7) is 6.12. The van der Waals surface area contributed by atoms with E-state index in [1.807, 2.05) is 32.9 Å². The normalized spacial score (nSPS) is 11.7. The first-order valence-electron chi connectivity index (χ1n) is 5.26. The Labute approximate surface area is 100 Å². The van der Waals surface area contributed by atoms with Crippen LogP contribution in [0.15, 0.2) is 24.3 Å². The van der Waals surface area contributed by atoms with Crippen LogP contribution in [0.3, 0.4) is 0 Å². The van der Waals surface area contributed by atoms with Gasteiger partial charge in [0.2, 0.25) is 0 Å². The Morgan fingerprint density at radius 3 is 2.41 bits per heavy atom. The van der Waals surface area contributed by atoms with Crippen LogP contribution in [-0.4, -0.2) is 11.2 Å². The fourth-order valence-corrected chi connectivity index (χ4v) is 1.27. The summed E-state index contributed by atoms with van der Waals surface area (Å²) in [5.74, 6) is 0. The molecule has 0 aromatic heterocycles. The topological polar surface area (TPSA) is 60.2 Å². The first kappa shape index (κ1) is 13.1. The van der Waals surface area contributed by atoms with Crippen LogP contribution in [-0.2, 0) is 0 Å². The van der Waals surface area contributed by atoms with Crippen molar-refractivity contribution in [2.75, 3.05) is 0 Å². The molecule has 0 saturated heterocycles. The zero-order chi connectivity index (χ0) is 13.1. The van der Waals surface area contributed by atoms with Gasteiger partial charge in [0.15, 0.2) is 6.29 Å². The number of rotatable bonds is 3. The second kappa shape index (κ2) is 4.91. The molecule has 4 nitrogen and oxygen atoms in total. The van der Waals surface area contributed by atoms with Gasteiger partial charge in [0.25, 0.3) is 5.69 Å². The Hall–Kier alpha value is -1.97. The van der Waals surface area contributed by atoms with E-state index in [9.17, 15) is 14.9 Å². The Morgan fingerprint density at radius 1 is 1.29 bits per heavy atom. The summed E-state index contributed by atoms with van der Waals surface area (Å²) in [7, 11) is 0. The Bertz CT molecular complexity index is 470. The van der Waals surface area contributed by atoms with Crippen LogP contribution < -0.4 is 0 Å². The van der Waals surface area contributed by atoms with Crippen molar-refractivity contribution in [1.29, 1.82) is 0 Å². The minimum atomic E-state index is -0.543. The van der Waals surface area contributed by atoms with Crippen molar-refractivity contribution in [1.82, 2.24) is 0 Å². The number of carbonyl (C=O) groups is 1. The van der Waals surface area contributed by atoms with Gasteiger partial charge in [0.1, 0.15) is 0 Å². The number of aldehydes is 1. The lowest BCUT2D eigenvalue weighted by atomic mass is 9.95. The molecule has 4 heteroatoms. The second-order valence-corrected chi connectivity index (χ2v) is 4.89. The van der Waals surface area contributed by atoms with Crippen LogP contribution in [0.5, 0.6) is 0 Å². The summed E-state index contributed by atoms with van der Waals surface area (Å²) in [5.41, 5.74) is 0.675. The fraction of sp³-hybridized carbons (Fsp3) is 0.308. The van der Waals surface area contributed by atoms with E-state index in [-0.39, 0.29) is 16.7 Å². The summed E-state index contributed by atoms with van der Waals surface area (Å²) in [4.78, 5) is 20.9. The molecule has 1 rings (SSSR count). The van der Waals surface area contributed by atoms with E-state index in [0.717, 1.165) is 5.56 Å². The number of nitro groups is 1. The Kier molecular flexibility index (Phi) is 3.78. The number of carbonyl (C=O) groups excluding carboxylic acids is 1. The van der Waals surface area contributed by atoms with Crippen molar-refractivity contribution in [3.63, 3.8) is 0 Å². The predicted octanol–water partition coefficient (Wildman–Crippen LogP) is 3.47. The molecule has 0 fully saturated rings. The number of hydrogen-bond acceptors (Lipinski definition) is 3. The molecular formula is C13H15NO3. The molecule has 0 saturated carbocycles. The van der Waals surface area contributed by atoms with Crippen LogP contribution in [0.1, 0.15) is 36.7 Å². The lowest BCUT2D eigenvalue weighted by Gasteiger charge is -2.10. The zero-order valence-corrected chi connectivity index (χ0v) is 10.1. The molecule has 0 spiro atoms. The highest BCUT2D eigenvalue weighted by molar-refractivity contribution is 5.82. The van der Waals surface area contributed by atoms with Gasteiger partial charge in [-0.1, -0.05) is 39.0 Å². The summed E-state index contributed by atoms with van der Waals surface area (Å²) in [5, 5.41) is 10.8. The highest BCUT2D eigenvalue weighted by Crippen LogP contribution is 2.22. The molecule has 0 N–H and O–H groups in total. The number of nitrogens with zero attached hydrogens (tertiary/aromatic N) is 1. The summed E-state index contributed by atoms with van der Waals surface area (Å²) in [6.07, 6.45) is 4.28. The molecule has 1 aromatic carbocycles. The van der Waals surface area contributed by atoms with Crippen molar-refractivity contribution in [3.05, 3.63) is 45.5 Å². The largest absolute Gasteiger partial charge is 0.298 e. The fourth-order valence-electron chi connectivity index (χ4n) is 1.27. The van der Waals surface area contributed by atoms with Gasteiger partial charge in [-0.2, -0.15) is 0 Å². The molecule has 0 radical (unpaired) electrons. The van der Waals surface area contributed by atoms with Crippen molar-refractivity contribution in [2.45, 2.75) is 20.8 Å². The number of benzene rings is 1. The lowest BCUT2D eigenvalue weighted by Crippen LogP contribution is -1.98. The smallest absolute Gasteiger partial charge is 0.280 e. The molecule has 90 valence electrons. The van der Waals surface area contributed by atoms with Gasteiger partial charge in [0.05, 0.1) is 10.5 Å². The first-order chi connectivity index (χ1) is 7.83. The van der Waals surface area contributed by atoms with Crippen molar-refractivity contribution >= 4 is 18.0 Å². The third-order valence-electron chi connectivity index (χ3n) is 2.15. The molecule has 0 aliphatic carbocycles. The summed E-state index contributed by atoms with van der Waals surface area (Å²) in [6, 6.07) is 4.57. The van der Waals surface area contributed by atoms with Crippen LogP contribution in [0.25, 0.3) is 6.08 Å². The van der Waals surface area contributed by atoms with E-state index in [2.05, 4.69) is 0 Å². The van der Waals surface area contributed by atoms with Gasteiger partial charge >= 0.3 is 0 Å². The van der Waals surface area contributed by atoms with E-state index in [1.165, 1.54) is 12.1 Å². The third kappa shape index (κ3) is 3.83. The first-order valence-corrected chi connectivity index (χ1v) is 5.26.